The molecule has 24 heavy (non-hydrogen) atoms. The Morgan fingerprint density at radius 1 is 1.38 bits per heavy atom. The molecule has 2 atom stereocenters. The van der Waals surface area contributed by atoms with E-state index in [0.717, 1.165) is 19.3 Å². The highest BCUT2D eigenvalue weighted by molar-refractivity contribution is 7.99. The van der Waals surface area contributed by atoms with Gasteiger partial charge in [0.1, 0.15) is 0 Å². The number of hydrogen-bond donors (Lipinski definition) is 1. The van der Waals surface area contributed by atoms with Crippen molar-refractivity contribution < 1.29 is 14.3 Å². The number of ether oxygens (including phenoxy) is 1. The maximum absolute atomic E-state index is 12.5. The minimum atomic E-state index is -0.462. The van der Waals surface area contributed by atoms with Crippen molar-refractivity contribution in [2.24, 2.45) is 0 Å². The molecule has 0 aliphatic carbocycles. The van der Waals surface area contributed by atoms with Gasteiger partial charge in [-0.25, -0.2) is 4.98 Å². The van der Waals surface area contributed by atoms with Crippen molar-refractivity contribution in [3.8, 4) is 0 Å². The third-order valence-corrected chi connectivity index (χ3v) is 5.00. The second kappa shape index (κ2) is 8.32. The molecule has 1 aliphatic rings. The van der Waals surface area contributed by atoms with Crippen LogP contribution >= 0.6 is 11.8 Å². The Hall–Kier alpha value is -1.83. The van der Waals surface area contributed by atoms with E-state index in [0.29, 0.717) is 10.9 Å². The first-order valence-corrected chi connectivity index (χ1v) is 9.00. The first-order valence-electron chi connectivity index (χ1n) is 8.01. The minimum absolute atomic E-state index is 0.0423. The van der Waals surface area contributed by atoms with Crippen LogP contribution in [0.5, 0.6) is 0 Å². The third kappa shape index (κ3) is 4.83. The Labute approximate surface area is 145 Å². The molecule has 0 unspecified atom stereocenters. The number of H-pyrrole nitrogens is 1. The van der Waals surface area contributed by atoms with E-state index in [1.807, 2.05) is 4.90 Å². The zero-order valence-corrected chi connectivity index (χ0v) is 15.0. The molecule has 1 aliphatic heterocycles. The number of methoxy groups -OCH3 is 1. The molecule has 0 radical (unpaired) electrons. The van der Waals surface area contributed by atoms with Gasteiger partial charge in [-0.3, -0.25) is 14.4 Å². The fourth-order valence-electron chi connectivity index (χ4n) is 2.98. The van der Waals surface area contributed by atoms with Crippen LogP contribution < -0.4 is 5.56 Å². The number of carbonyl (C=O) groups excluding carboxylic acids is 2. The van der Waals surface area contributed by atoms with Crippen molar-refractivity contribution in [1.82, 2.24) is 14.9 Å². The second-order valence-corrected chi connectivity index (χ2v) is 6.98. The summed E-state index contributed by atoms with van der Waals surface area (Å²) < 4.78 is 4.58. The first kappa shape index (κ1) is 18.5. The highest BCUT2D eigenvalue weighted by Gasteiger charge is 2.28. The highest BCUT2D eigenvalue weighted by Crippen LogP contribution is 2.24. The molecule has 7 nitrogen and oxygen atoms in total. The number of nitrogens with one attached hydrogen (secondary N) is 1. The van der Waals surface area contributed by atoms with Crippen LogP contribution in [-0.2, 0) is 20.7 Å². The number of hydrogen-bond acceptors (Lipinski definition) is 6. The molecule has 1 amide bonds. The van der Waals surface area contributed by atoms with Gasteiger partial charge in [-0.1, -0.05) is 11.8 Å². The second-order valence-electron chi connectivity index (χ2n) is 6.01. The molecule has 2 rings (SSSR count). The van der Waals surface area contributed by atoms with Crippen molar-refractivity contribution in [1.29, 1.82) is 0 Å². The molecule has 8 heteroatoms. The standard InChI is InChI=1S/C16H23N3O4S/c1-10-5-4-6-11(2)19(10)14(21)9-24-16-17-12(7-13(20)18-16)8-15(22)23-3/h7,10-11H,4-6,8-9H2,1-3H3,(H,17,18,20)/t10-,11-/m1/s1. The molecule has 0 bridgehead atoms. The molecule has 1 saturated heterocycles. The summed E-state index contributed by atoms with van der Waals surface area (Å²) in [7, 11) is 1.28. The predicted octanol–water partition coefficient (Wildman–Crippen LogP) is 1.37. The number of amides is 1. The van der Waals surface area contributed by atoms with Gasteiger partial charge in [-0.15, -0.1) is 0 Å². The topological polar surface area (TPSA) is 92.4 Å². The molecule has 0 spiro atoms. The number of piperidine rings is 1. The number of carbonyl (C=O) groups is 2. The van der Waals surface area contributed by atoms with Crippen molar-refractivity contribution in [2.45, 2.75) is 56.8 Å². The van der Waals surface area contributed by atoms with E-state index in [9.17, 15) is 14.4 Å². The summed E-state index contributed by atoms with van der Waals surface area (Å²) >= 11 is 1.18. The van der Waals surface area contributed by atoms with Crippen LogP contribution in [0.2, 0.25) is 0 Å². The predicted molar refractivity (Wildman–Crippen MR) is 90.9 cm³/mol. The summed E-state index contributed by atoms with van der Waals surface area (Å²) in [5.41, 5.74) is -0.0150. The average Bonchev–Trinajstić information content (AvgIpc) is 2.52. The monoisotopic (exact) mass is 353 g/mol. The molecule has 0 saturated carbocycles. The molecule has 132 valence electrons. The Kier molecular flexibility index (Phi) is 6.42. The highest BCUT2D eigenvalue weighted by atomic mass is 32.2. The van der Waals surface area contributed by atoms with E-state index < -0.39 is 5.97 Å². The quantitative estimate of drug-likeness (QED) is 0.488. The van der Waals surface area contributed by atoms with E-state index in [1.54, 1.807) is 0 Å². The SMILES string of the molecule is COC(=O)Cc1cc(=O)[nH]c(SCC(=O)N2[C@H](C)CCC[C@H]2C)n1. The summed E-state index contributed by atoms with van der Waals surface area (Å²) in [6.45, 7) is 4.13. The molecule has 0 aromatic carbocycles. The largest absolute Gasteiger partial charge is 0.469 e. The summed E-state index contributed by atoms with van der Waals surface area (Å²) in [4.78, 5) is 44.2. The van der Waals surface area contributed by atoms with Crippen molar-refractivity contribution in [3.05, 3.63) is 22.1 Å². The van der Waals surface area contributed by atoms with Gasteiger partial charge in [0.05, 0.1) is 25.0 Å². The maximum Gasteiger partial charge on any atom is 0.311 e. The zero-order chi connectivity index (χ0) is 17.7. The average molecular weight is 353 g/mol. The van der Waals surface area contributed by atoms with Crippen LogP contribution in [-0.4, -0.2) is 51.7 Å². The van der Waals surface area contributed by atoms with E-state index in [4.69, 9.17) is 0 Å². The van der Waals surface area contributed by atoms with Crippen LogP contribution in [0, 0.1) is 0 Å². The Balaban J connectivity index is 2.02. The van der Waals surface area contributed by atoms with E-state index in [1.165, 1.54) is 24.9 Å². The Morgan fingerprint density at radius 3 is 2.67 bits per heavy atom. The normalized spacial score (nSPS) is 20.7. The lowest BCUT2D eigenvalue weighted by atomic mass is 9.98. The van der Waals surface area contributed by atoms with Crippen LogP contribution in [0.1, 0.15) is 38.8 Å². The number of esters is 1. The Morgan fingerprint density at radius 2 is 2.04 bits per heavy atom. The molecule has 1 aromatic heterocycles. The van der Waals surface area contributed by atoms with E-state index in [2.05, 4.69) is 28.6 Å². The van der Waals surface area contributed by atoms with Gasteiger partial charge in [0, 0.05) is 18.2 Å². The number of thioether (sulfide) groups is 1. The number of aromatic nitrogens is 2. The first-order chi connectivity index (χ1) is 11.4. The van der Waals surface area contributed by atoms with Crippen LogP contribution in [0.25, 0.3) is 0 Å². The lowest BCUT2D eigenvalue weighted by molar-refractivity contribution is -0.140. The van der Waals surface area contributed by atoms with Crippen molar-refractivity contribution in [3.63, 3.8) is 0 Å². The summed E-state index contributed by atoms with van der Waals surface area (Å²) in [6, 6.07) is 1.73. The summed E-state index contributed by atoms with van der Waals surface area (Å²) in [6.07, 6.45) is 3.11. The zero-order valence-electron chi connectivity index (χ0n) is 14.2. The van der Waals surface area contributed by atoms with Crippen molar-refractivity contribution in [2.75, 3.05) is 12.9 Å². The lowest BCUT2D eigenvalue weighted by Crippen LogP contribution is -2.48. The van der Waals surface area contributed by atoms with E-state index in [-0.39, 0.29) is 35.7 Å². The maximum atomic E-state index is 12.5. The number of aromatic amines is 1. The van der Waals surface area contributed by atoms with Crippen LogP contribution in [0.15, 0.2) is 16.0 Å². The van der Waals surface area contributed by atoms with Gasteiger partial charge < -0.3 is 14.6 Å². The number of rotatable bonds is 5. The minimum Gasteiger partial charge on any atom is -0.469 e. The number of likely N-dealkylation sites (tertiary alicyclic amines) is 1. The molecule has 1 N–H and O–H groups in total. The molecule has 2 heterocycles. The fraction of sp³-hybridized carbons (Fsp3) is 0.625. The molecular weight excluding hydrogens is 330 g/mol. The molecule has 1 fully saturated rings. The lowest BCUT2D eigenvalue weighted by Gasteiger charge is -2.39. The van der Waals surface area contributed by atoms with Gasteiger partial charge in [0.15, 0.2) is 5.16 Å². The van der Waals surface area contributed by atoms with Gasteiger partial charge in [0.2, 0.25) is 5.91 Å². The molecule has 1 aromatic rings. The summed E-state index contributed by atoms with van der Waals surface area (Å²) in [5, 5.41) is 0.340. The van der Waals surface area contributed by atoms with Gasteiger partial charge in [0.25, 0.3) is 5.56 Å². The van der Waals surface area contributed by atoms with Crippen molar-refractivity contribution >= 4 is 23.6 Å². The van der Waals surface area contributed by atoms with Gasteiger partial charge in [-0.2, -0.15) is 0 Å². The van der Waals surface area contributed by atoms with E-state index >= 15 is 0 Å². The third-order valence-electron chi connectivity index (χ3n) is 4.14. The van der Waals surface area contributed by atoms with Crippen LogP contribution in [0.3, 0.4) is 0 Å². The number of nitrogens with zero attached hydrogens (tertiary/aromatic N) is 2. The summed E-state index contributed by atoms with van der Waals surface area (Å²) in [5.74, 6) is -0.212. The van der Waals surface area contributed by atoms with Crippen LogP contribution in [0.4, 0.5) is 0 Å². The van der Waals surface area contributed by atoms with Gasteiger partial charge >= 0.3 is 5.97 Å². The van der Waals surface area contributed by atoms with Gasteiger partial charge in [-0.05, 0) is 33.1 Å². The smallest absolute Gasteiger partial charge is 0.311 e. The molecular formula is C16H23N3O4S. The fourth-order valence-corrected chi connectivity index (χ4v) is 3.74. The Bertz CT molecular complexity index is 651.